The third-order valence-electron chi connectivity index (χ3n) is 2.83. The van der Waals surface area contributed by atoms with Gasteiger partial charge in [0.05, 0.1) is 12.7 Å². The van der Waals surface area contributed by atoms with E-state index in [4.69, 9.17) is 10.5 Å². The number of rotatable bonds is 3. The fourth-order valence-corrected chi connectivity index (χ4v) is 1.70. The van der Waals surface area contributed by atoms with E-state index < -0.39 is 11.9 Å². The number of carbonyl (C=O) groups excluding carboxylic acids is 2. The van der Waals surface area contributed by atoms with E-state index in [9.17, 15) is 9.59 Å². The maximum atomic E-state index is 11.7. The van der Waals surface area contributed by atoms with Gasteiger partial charge in [0, 0.05) is 30.1 Å². The van der Waals surface area contributed by atoms with E-state index >= 15 is 0 Å². The van der Waals surface area contributed by atoms with Gasteiger partial charge in [0.1, 0.15) is 0 Å². The zero-order valence-corrected chi connectivity index (χ0v) is 10.4. The number of nitrogens with two attached hydrogens (primary N) is 1. The molecule has 0 fully saturated rings. The lowest BCUT2D eigenvalue weighted by Crippen LogP contribution is -2.06. The highest BCUT2D eigenvalue weighted by molar-refractivity contribution is 5.98. The molecule has 1 rings (SSSR count). The maximum Gasteiger partial charge on any atom is 0.340 e. The normalized spacial score (nSPS) is 10.8. The molecule has 0 aliphatic heterocycles. The Morgan fingerprint density at radius 2 is 1.88 bits per heavy atom. The summed E-state index contributed by atoms with van der Waals surface area (Å²) >= 11 is 0. The van der Waals surface area contributed by atoms with Crippen molar-refractivity contribution in [3.63, 3.8) is 0 Å². The molecule has 17 heavy (non-hydrogen) atoms. The Balaban J connectivity index is 3.41. The van der Waals surface area contributed by atoms with Crippen LogP contribution in [0.3, 0.4) is 0 Å². The average Bonchev–Trinajstić information content (AvgIpc) is 2.50. The second-order valence-corrected chi connectivity index (χ2v) is 3.75. The van der Waals surface area contributed by atoms with Gasteiger partial charge in [-0.2, -0.15) is 0 Å². The molecule has 0 aliphatic rings. The monoisotopic (exact) mass is 236 g/mol. The summed E-state index contributed by atoms with van der Waals surface area (Å²) in [4.78, 5) is 22.4. The van der Waals surface area contributed by atoms with Gasteiger partial charge >= 0.3 is 5.97 Å². The highest BCUT2D eigenvalue weighted by atomic mass is 16.5. The fourth-order valence-electron chi connectivity index (χ4n) is 1.70. The molecule has 2 N–H and O–H groups in total. The first-order valence-corrected chi connectivity index (χ1v) is 5.11. The molecule has 0 saturated heterocycles. The summed E-state index contributed by atoms with van der Waals surface area (Å²) in [5.74, 6) is -0.975. The first kappa shape index (κ1) is 13.0. The Bertz CT molecular complexity index is 498. The van der Waals surface area contributed by atoms with Gasteiger partial charge in [-0.05, 0) is 19.9 Å². The van der Waals surface area contributed by atoms with Crippen molar-refractivity contribution < 1.29 is 14.3 Å². The molecule has 1 heterocycles. The molecular formula is C12H16N2O3. The number of aromatic nitrogens is 1. The molecule has 1 amide bonds. The molecule has 1 aromatic rings. The van der Waals surface area contributed by atoms with Gasteiger partial charge in [-0.25, -0.2) is 4.79 Å². The number of ether oxygens (including phenoxy) is 1. The number of esters is 1. The summed E-state index contributed by atoms with van der Waals surface area (Å²) in [6.45, 7) is 3.68. The van der Waals surface area contributed by atoms with Gasteiger partial charge in [0.15, 0.2) is 0 Å². The molecule has 0 aliphatic carbocycles. The molecule has 0 bridgehead atoms. The van der Waals surface area contributed by atoms with Crippen LogP contribution in [0.15, 0.2) is 6.08 Å². The Kier molecular flexibility index (Phi) is 3.73. The lowest BCUT2D eigenvalue weighted by molar-refractivity contribution is -0.113. The molecule has 5 heteroatoms. The minimum absolute atomic E-state index is 0.421. The van der Waals surface area contributed by atoms with Crippen LogP contribution in [-0.2, 0) is 16.6 Å². The van der Waals surface area contributed by atoms with Crippen molar-refractivity contribution in [2.45, 2.75) is 13.8 Å². The third kappa shape index (κ3) is 2.38. The van der Waals surface area contributed by atoms with Crippen LogP contribution in [0.5, 0.6) is 0 Å². The van der Waals surface area contributed by atoms with Crippen LogP contribution in [0.1, 0.15) is 27.3 Å². The Hall–Kier alpha value is -2.04. The van der Waals surface area contributed by atoms with Crippen LogP contribution in [0, 0.1) is 13.8 Å². The number of carbonyl (C=O) groups is 2. The predicted molar refractivity (Wildman–Crippen MR) is 64.5 cm³/mol. The number of methoxy groups -OCH3 is 1. The van der Waals surface area contributed by atoms with Crippen molar-refractivity contribution in [2.75, 3.05) is 7.11 Å². The van der Waals surface area contributed by atoms with E-state index in [1.807, 2.05) is 25.5 Å². The van der Waals surface area contributed by atoms with Gasteiger partial charge < -0.3 is 15.0 Å². The second kappa shape index (κ2) is 4.86. The van der Waals surface area contributed by atoms with Crippen molar-refractivity contribution >= 4 is 18.0 Å². The van der Waals surface area contributed by atoms with E-state index in [1.54, 1.807) is 0 Å². The van der Waals surface area contributed by atoms with Crippen LogP contribution in [0.4, 0.5) is 0 Å². The van der Waals surface area contributed by atoms with Crippen LogP contribution in [-0.4, -0.2) is 23.6 Å². The smallest absolute Gasteiger partial charge is 0.340 e. The largest absolute Gasteiger partial charge is 0.465 e. The minimum Gasteiger partial charge on any atom is -0.465 e. The Labute approximate surface area is 99.9 Å². The summed E-state index contributed by atoms with van der Waals surface area (Å²) in [6, 6.07) is 0. The summed E-state index contributed by atoms with van der Waals surface area (Å²) < 4.78 is 6.60. The molecule has 0 spiro atoms. The van der Waals surface area contributed by atoms with Crippen molar-refractivity contribution in [1.29, 1.82) is 0 Å². The van der Waals surface area contributed by atoms with Gasteiger partial charge in [0.2, 0.25) is 5.91 Å². The molecule has 0 saturated carbocycles. The number of amides is 1. The standard InChI is InChI=1S/C12H16N2O3/c1-7-9(5-6-10(13)15)11(12(16)17-4)8(2)14(7)3/h5-6H,1-4H3,(H2,13,15)/b6-5-. The quantitative estimate of drug-likeness (QED) is 0.626. The van der Waals surface area contributed by atoms with Crippen molar-refractivity contribution in [3.8, 4) is 0 Å². The Morgan fingerprint density at radius 1 is 1.29 bits per heavy atom. The van der Waals surface area contributed by atoms with Crippen molar-refractivity contribution in [1.82, 2.24) is 4.57 Å². The highest BCUT2D eigenvalue weighted by Crippen LogP contribution is 2.23. The molecule has 1 aromatic heterocycles. The van der Waals surface area contributed by atoms with Crippen molar-refractivity contribution in [2.24, 2.45) is 12.8 Å². The van der Waals surface area contributed by atoms with Gasteiger partial charge in [-0.3, -0.25) is 4.79 Å². The van der Waals surface area contributed by atoms with Gasteiger partial charge in [-0.15, -0.1) is 0 Å². The first-order chi connectivity index (χ1) is 7.90. The number of primary amides is 1. The van der Waals surface area contributed by atoms with E-state index in [0.29, 0.717) is 11.1 Å². The summed E-state index contributed by atoms with van der Waals surface area (Å²) in [6.07, 6.45) is 2.77. The van der Waals surface area contributed by atoms with E-state index in [1.165, 1.54) is 19.3 Å². The summed E-state index contributed by atoms with van der Waals surface area (Å²) in [5.41, 5.74) is 7.84. The maximum absolute atomic E-state index is 11.7. The lowest BCUT2D eigenvalue weighted by Gasteiger charge is -2.00. The average molecular weight is 236 g/mol. The summed E-state index contributed by atoms with van der Waals surface area (Å²) in [7, 11) is 3.17. The molecule has 92 valence electrons. The number of nitrogens with zero attached hydrogens (tertiary/aromatic N) is 1. The molecule has 0 atom stereocenters. The Morgan fingerprint density at radius 3 is 2.35 bits per heavy atom. The topological polar surface area (TPSA) is 74.3 Å². The zero-order chi connectivity index (χ0) is 13.2. The van der Waals surface area contributed by atoms with E-state index in [0.717, 1.165) is 11.4 Å². The molecule has 0 radical (unpaired) electrons. The second-order valence-electron chi connectivity index (χ2n) is 3.75. The van der Waals surface area contributed by atoms with Gasteiger partial charge in [-0.1, -0.05) is 0 Å². The summed E-state index contributed by atoms with van der Waals surface area (Å²) in [5, 5.41) is 0. The van der Waals surface area contributed by atoms with E-state index in [2.05, 4.69) is 0 Å². The predicted octanol–water partition coefficient (Wildman–Crippen LogP) is 0.927. The minimum atomic E-state index is -0.554. The molecular weight excluding hydrogens is 220 g/mol. The molecule has 0 unspecified atom stereocenters. The molecule has 5 nitrogen and oxygen atoms in total. The van der Waals surface area contributed by atoms with Crippen molar-refractivity contribution in [3.05, 3.63) is 28.6 Å². The lowest BCUT2D eigenvalue weighted by atomic mass is 10.1. The third-order valence-corrected chi connectivity index (χ3v) is 2.83. The molecule has 0 aromatic carbocycles. The van der Waals surface area contributed by atoms with Crippen LogP contribution in [0.25, 0.3) is 6.08 Å². The number of hydrogen-bond donors (Lipinski definition) is 1. The number of hydrogen-bond acceptors (Lipinski definition) is 3. The van der Waals surface area contributed by atoms with Crippen LogP contribution >= 0.6 is 0 Å². The van der Waals surface area contributed by atoms with Gasteiger partial charge in [0.25, 0.3) is 0 Å². The fraction of sp³-hybridized carbons (Fsp3) is 0.333. The van der Waals surface area contributed by atoms with Crippen LogP contribution < -0.4 is 5.73 Å². The highest BCUT2D eigenvalue weighted by Gasteiger charge is 2.20. The SMILES string of the molecule is COC(=O)c1c(/C=C\C(N)=O)c(C)n(C)c1C. The zero-order valence-electron chi connectivity index (χ0n) is 10.4. The first-order valence-electron chi connectivity index (χ1n) is 5.11. The van der Waals surface area contributed by atoms with Crippen LogP contribution in [0.2, 0.25) is 0 Å². The van der Waals surface area contributed by atoms with E-state index in [-0.39, 0.29) is 0 Å².